The zero-order valence-corrected chi connectivity index (χ0v) is 15.2. The fraction of sp³-hybridized carbons (Fsp3) is 0.947. The molecule has 2 aliphatic carbocycles. The Balaban J connectivity index is 1.28. The van der Waals surface area contributed by atoms with Gasteiger partial charge in [-0.2, -0.15) is 0 Å². The number of nitrogens with zero attached hydrogens (tertiary/aromatic N) is 1. The summed E-state index contributed by atoms with van der Waals surface area (Å²) >= 11 is 0. The summed E-state index contributed by atoms with van der Waals surface area (Å²) in [6.07, 6.45) is 11.2. The van der Waals surface area contributed by atoms with Gasteiger partial charge in [0.15, 0.2) is 0 Å². The molecule has 4 rings (SSSR count). The summed E-state index contributed by atoms with van der Waals surface area (Å²) in [5, 5.41) is 6.56. The lowest BCUT2D eigenvalue weighted by Gasteiger charge is -2.61. The molecule has 2 heterocycles. The van der Waals surface area contributed by atoms with Crippen LogP contribution in [0.2, 0.25) is 0 Å². The van der Waals surface area contributed by atoms with Crippen molar-refractivity contribution < 1.29 is 9.53 Å². The van der Waals surface area contributed by atoms with E-state index < -0.39 is 0 Å². The van der Waals surface area contributed by atoms with Gasteiger partial charge in [-0.3, -0.25) is 0 Å². The summed E-state index contributed by atoms with van der Waals surface area (Å²) in [5.74, 6) is 0. The van der Waals surface area contributed by atoms with Gasteiger partial charge in [-0.05, 0) is 58.9 Å². The Hall–Kier alpha value is -0.810. The first-order chi connectivity index (χ1) is 11.6. The van der Waals surface area contributed by atoms with Gasteiger partial charge in [0.1, 0.15) is 0 Å². The van der Waals surface area contributed by atoms with Crippen LogP contribution in [0.25, 0.3) is 0 Å². The van der Waals surface area contributed by atoms with Crippen LogP contribution in [0.3, 0.4) is 0 Å². The van der Waals surface area contributed by atoms with E-state index in [0.717, 1.165) is 25.9 Å². The number of carbonyl (C=O) groups excluding carboxylic acids is 1. The molecule has 0 aromatic carbocycles. The number of carbonyl (C=O) groups is 1. The van der Waals surface area contributed by atoms with Crippen LogP contribution < -0.4 is 10.6 Å². The molecule has 0 aromatic heterocycles. The van der Waals surface area contributed by atoms with Gasteiger partial charge in [0.2, 0.25) is 0 Å². The van der Waals surface area contributed by atoms with E-state index in [0.29, 0.717) is 30.3 Å². The maximum atomic E-state index is 12.5. The van der Waals surface area contributed by atoms with Crippen molar-refractivity contribution in [3.05, 3.63) is 0 Å². The largest absolute Gasteiger partial charge is 0.378 e. The first kappa shape index (κ1) is 16.6. The van der Waals surface area contributed by atoms with E-state index in [9.17, 15) is 4.79 Å². The maximum Gasteiger partial charge on any atom is 0.315 e. The first-order valence-corrected chi connectivity index (χ1v) is 10.0. The monoisotopic (exact) mass is 335 g/mol. The van der Waals surface area contributed by atoms with Crippen molar-refractivity contribution in [1.82, 2.24) is 15.5 Å². The van der Waals surface area contributed by atoms with Gasteiger partial charge in [0.25, 0.3) is 0 Å². The minimum absolute atomic E-state index is 0.0499. The van der Waals surface area contributed by atoms with E-state index in [2.05, 4.69) is 29.5 Å². The second-order valence-corrected chi connectivity index (χ2v) is 8.51. The molecule has 2 saturated heterocycles. The van der Waals surface area contributed by atoms with Gasteiger partial charge in [-0.1, -0.05) is 12.8 Å². The van der Waals surface area contributed by atoms with Crippen molar-refractivity contribution in [1.29, 1.82) is 0 Å². The number of ether oxygens (including phenoxy) is 1. The van der Waals surface area contributed by atoms with Gasteiger partial charge in [-0.15, -0.1) is 0 Å². The number of fused-ring (bicyclic) bond motifs is 2. The smallest absolute Gasteiger partial charge is 0.315 e. The zero-order valence-electron chi connectivity index (χ0n) is 15.2. The Kier molecular flexibility index (Phi) is 4.50. The minimum atomic E-state index is 0.0499. The highest BCUT2D eigenvalue weighted by atomic mass is 16.5. The van der Waals surface area contributed by atoms with Crippen molar-refractivity contribution in [3.63, 3.8) is 0 Å². The number of amides is 2. The molecule has 1 unspecified atom stereocenters. The SMILES string of the molecule is CCO[C@H]1C[C@@H](NC(=O)NC2C[C@H]3CCC[C@@H](C2)N3C)C12CCC2. The standard InChI is InChI=1S/C19H33N3O2/c1-3-24-17-12-16(19(17)8-5-9-19)21-18(23)20-13-10-14-6-4-7-15(11-13)22(14)2/h13-17H,3-12H2,1-2H3,(H2,20,21,23)/t13?,14-,15+,16-,17+/m1/s1. The van der Waals surface area contributed by atoms with E-state index in [1.165, 1.54) is 38.5 Å². The molecule has 136 valence electrons. The molecule has 4 aliphatic rings. The molecule has 2 aliphatic heterocycles. The van der Waals surface area contributed by atoms with E-state index in [-0.39, 0.29) is 11.4 Å². The number of hydrogen-bond donors (Lipinski definition) is 2. The molecule has 2 N–H and O–H groups in total. The second-order valence-electron chi connectivity index (χ2n) is 8.51. The molecule has 0 aromatic rings. The van der Waals surface area contributed by atoms with Gasteiger partial charge >= 0.3 is 6.03 Å². The predicted octanol–water partition coefficient (Wildman–Crippen LogP) is 2.65. The highest BCUT2D eigenvalue weighted by molar-refractivity contribution is 5.75. The third kappa shape index (κ3) is 2.74. The Morgan fingerprint density at radius 1 is 1.12 bits per heavy atom. The Morgan fingerprint density at radius 2 is 1.83 bits per heavy atom. The van der Waals surface area contributed by atoms with Crippen LogP contribution in [0.15, 0.2) is 0 Å². The van der Waals surface area contributed by atoms with Crippen LogP contribution in [0.1, 0.15) is 64.7 Å². The molecule has 5 heteroatoms. The molecule has 2 saturated carbocycles. The van der Waals surface area contributed by atoms with E-state index in [4.69, 9.17) is 4.74 Å². The molecule has 5 nitrogen and oxygen atoms in total. The summed E-state index contributed by atoms with van der Waals surface area (Å²) in [5.41, 5.74) is 0.247. The topological polar surface area (TPSA) is 53.6 Å². The third-order valence-electron chi connectivity index (χ3n) is 7.42. The van der Waals surface area contributed by atoms with Crippen LogP contribution >= 0.6 is 0 Å². The Labute approximate surface area is 145 Å². The highest BCUT2D eigenvalue weighted by Gasteiger charge is 2.59. The fourth-order valence-corrected chi connectivity index (χ4v) is 5.76. The normalized spacial score (nSPS) is 40.5. The summed E-state index contributed by atoms with van der Waals surface area (Å²) in [6, 6.07) is 2.03. The quantitative estimate of drug-likeness (QED) is 0.830. The highest BCUT2D eigenvalue weighted by Crippen LogP contribution is 2.57. The van der Waals surface area contributed by atoms with E-state index in [1.807, 2.05) is 0 Å². The maximum absolute atomic E-state index is 12.5. The van der Waals surface area contributed by atoms with Crippen LogP contribution in [-0.4, -0.2) is 54.9 Å². The molecule has 2 amide bonds. The molecule has 0 radical (unpaired) electrons. The Morgan fingerprint density at radius 3 is 2.42 bits per heavy atom. The van der Waals surface area contributed by atoms with Crippen molar-refractivity contribution in [2.24, 2.45) is 5.41 Å². The summed E-state index contributed by atoms with van der Waals surface area (Å²) in [7, 11) is 2.26. The molecular weight excluding hydrogens is 302 g/mol. The third-order valence-corrected chi connectivity index (χ3v) is 7.42. The van der Waals surface area contributed by atoms with Gasteiger partial charge in [0.05, 0.1) is 6.10 Å². The molecule has 24 heavy (non-hydrogen) atoms. The molecule has 4 fully saturated rings. The number of nitrogens with one attached hydrogen (secondary N) is 2. The lowest BCUT2D eigenvalue weighted by atomic mass is 9.51. The lowest BCUT2D eigenvalue weighted by molar-refractivity contribution is -0.169. The summed E-state index contributed by atoms with van der Waals surface area (Å²) in [6.45, 7) is 2.85. The van der Waals surface area contributed by atoms with Crippen LogP contribution in [-0.2, 0) is 4.74 Å². The first-order valence-electron chi connectivity index (χ1n) is 10.0. The summed E-state index contributed by atoms with van der Waals surface area (Å²) in [4.78, 5) is 15.1. The lowest BCUT2D eigenvalue weighted by Crippen LogP contribution is -2.69. The van der Waals surface area contributed by atoms with Gasteiger partial charge in [-0.25, -0.2) is 4.79 Å². The average molecular weight is 335 g/mol. The van der Waals surface area contributed by atoms with Crippen molar-refractivity contribution in [2.45, 2.75) is 95.0 Å². The van der Waals surface area contributed by atoms with Crippen molar-refractivity contribution >= 4 is 6.03 Å². The number of rotatable bonds is 4. The molecule has 5 atom stereocenters. The Bertz CT molecular complexity index is 465. The molecular formula is C19H33N3O2. The van der Waals surface area contributed by atoms with Crippen LogP contribution in [0.5, 0.6) is 0 Å². The predicted molar refractivity (Wildman–Crippen MR) is 94.0 cm³/mol. The average Bonchev–Trinajstić information content (AvgIpc) is 2.45. The van der Waals surface area contributed by atoms with E-state index in [1.54, 1.807) is 0 Å². The van der Waals surface area contributed by atoms with Crippen LogP contribution in [0, 0.1) is 5.41 Å². The van der Waals surface area contributed by atoms with Gasteiger partial charge < -0.3 is 20.3 Å². The number of hydrogen-bond acceptors (Lipinski definition) is 3. The number of urea groups is 1. The zero-order chi connectivity index (χ0) is 16.7. The van der Waals surface area contributed by atoms with Gasteiger partial charge in [0, 0.05) is 36.2 Å². The fourth-order valence-electron chi connectivity index (χ4n) is 5.76. The molecule has 1 spiro atoms. The molecule has 2 bridgehead atoms. The van der Waals surface area contributed by atoms with Crippen LogP contribution in [0.4, 0.5) is 4.79 Å². The van der Waals surface area contributed by atoms with E-state index >= 15 is 0 Å². The minimum Gasteiger partial charge on any atom is -0.378 e. The number of piperidine rings is 2. The summed E-state index contributed by atoms with van der Waals surface area (Å²) < 4.78 is 5.88. The van der Waals surface area contributed by atoms with Crippen molar-refractivity contribution in [3.8, 4) is 0 Å². The van der Waals surface area contributed by atoms with Crippen molar-refractivity contribution in [2.75, 3.05) is 13.7 Å². The second kappa shape index (κ2) is 6.49.